The average molecular weight is 436 g/mol. The second-order valence-corrected chi connectivity index (χ2v) is 6.89. The zero-order valence-corrected chi connectivity index (χ0v) is 16.4. The number of ketones is 2. The summed E-state index contributed by atoms with van der Waals surface area (Å²) >= 11 is 0. The van der Waals surface area contributed by atoms with E-state index < -0.39 is 32.9 Å². The van der Waals surface area contributed by atoms with Crippen molar-refractivity contribution in [3.63, 3.8) is 0 Å². The van der Waals surface area contributed by atoms with E-state index in [1.54, 1.807) is 24.3 Å². The Bertz CT molecular complexity index is 1160. The van der Waals surface area contributed by atoms with Gasteiger partial charge in [0.05, 0.1) is 21.0 Å². The first-order chi connectivity index (χ1) is 15.2. The number of nitrogens with zero attached hydrogens (tertiary/aromatic N) is 2. The van der Waals surface area contributed by atoms with Gasteiger partial charge in [-0.05, 0) is 23.3 Å². The molecule has 10 heteroatoms. The Morgan fingerprint density at radius 1 is 0.688 bits per heavy atom. The number of nitro groups is 2. The van der Waals surface area contributed by atoms with Crippen LogP contribution >= 0.6 is 0 Å². The SMILES string of the molecule is O=C(Cc1ccccc1CC(=O)c1cc([N+](=O)[O-])ccc1O)c1cc([N+](=O)[O-])ccc1O. The normalized spacial score (nSPS) is 10.5. The maximum Gasteiger partial charge on any atom is 0.270 e. The maximum atomic E-state index is 12.7. The molecule has 0 heterocycles. The molecule has 0 fully saturated rings. The monoisotopic (exact) mass is 436 g/mol. The van der Waals surface area contributed by atoms with Crippen LogP contribution in [-0.4, -0.2) is 31.6 Å². The van der Waals surface area contributed by atoms with E-state index in [-0.39, 0.29) is 35.3 Å². The summed E-state index contributed by atoms with van der Waals surface area (Å²) in [6.07, 6.45) is -0.502. The fraction of sp³-hybridized carbons (Fsp3) is 0.0909. The number of phenolic OH excluding ortho intramolecular Hbond substituents is 2. The number of benzene rings is 3. The molecule has 3 aromatic rings. The highest BCUT2D eigenvalue weighted by atomic mass is 16.6. The zero-order valence-electron chi connectivity index (χ0n) is 16.4. The van der Waals surface area contributed by atoms with E-state index >= 15 is 0 Å². The van der Waals surface area contributed by atoms with E-state index in [4.69, 9.17) is 0 Å². The maximum absolute atomic E-state index is 12.7. The van der Waals surface area contributed by atoms with Gasteiger partial charge in [0.1, 0.15) is 11.5 Å². The molecule has 0 atom stereocenters. The van der Waals surface area contributed by atoms with Crippen LogP contribution in [-0.2, 0) is 12.8 Å². The molecule has 3 rings (SSSR count). The van der Waals surface area contributed by atoms with Crippen molar-refractivity contribution in [2.45, 2.75) is 12.8 Å². The molecule has 2 N–H and O–H groups in total. The number of hydrogen-bond acceptors (Lipinski definition) is 8. The van der Waals surface area contributed by atoms with Crippen molar-refractivity contribution in [1.29, 1.82) is 0 Å². The van der Waals surface area contributed by atoms with Crippen LogP contribution in [0.4, 0.5) is 11.4 Å². The van der Waals surface area contributed by atoms with Crippen molar-refractivity contribution >= 4 is 22.9 Å². The quantitative estimate of drug-likeness (QED) is 0.306. The van der Waals surface area contributed by atoms with Crippen LogP contribution in [0.5, 0.6) is 11.5 Å². The second kappa shape index (κ2) is 9.04. The summed E-state index contributed by atoms with van der Waals surface area (Å²) in [5.41, 5.74) is -0.289. The molecule has 0 unspecified atom stereocenters. The summed E-state index contributed by atoms with van der Waals surface area (Å²) in [5.74, 6) is -2.00. The lowest BCUT2D eigenvalue weighted by molar-refractivity contribution is -0.385. The van der Waals surface area contributed by atoms with Crippen LogP contribution in [0.25, 0.3) is 0 Å². The molecule has 0 aliphatic heterocycles. The third-order valence-corrected chi connectivity index (χ3v) is 4.80. The van der Waals surface area contributed by atoms with Gasteiger partial charge in [0.25, 0.3) is 11.4 Å². The topological polar surface area (TPSA) is 161 Å². The van der Waals surface area contributed by atoms with Crippen LogP contribution in [0.15, 0.2) is 60.7 Å². The standard InChI is InChI=1S/C22H16N2O8/c25-19-7-5-15(23(29)30)11-17(19)21(27)9-13-3-1-2-4-14(13)10-22(28)18-12-16(24(31)32)6-8-20(18)26/h1-8,11-12,25-26H,9-10H2. The third-order valence-electron chi connectivity index (χ3n) is 4.80. The summed E-state index contributed by atoms with van der Waals surface area (Å²) in [5, 5.41) is 41.8. The van der Waals surface area contributed by atoms with Crippen LogP contribution in [0.3, 0.4) is 0 Å². The molecule has 0 aliphatic carbocycles. The second-order valence-electron chi connectivity index (χ2n) is 6.89. The van der Waals surface area contributed by atoms with Crippen molar-refractivity contribution in [1.82, 2.24) is 0 Å². The van der Waals surface area contributed by atoms with Crippen molar-refractivity contribution < 1.29 is 29.6 Å². The Hall–Kier alpha value is -4.60. The number of hydrogen-bond donors (Lipinski definition) is 2. The van der Waals surface area contributed by atoms with Gasteiger partial charge in [-0.25, -0.2) is 0 Å². The Labute approximate surface area is 180 Å². The Morgan fingerprint density at radius 3 is 1.41 bits per heavy atom. The fourth-order valence-electron chi connectivity index (χ4n) is 3.16. The van der Waals surface area contributed by atoms with Gasteiger partial charge in [0.2, 0.25) is 0 Å². The molecule has 3 aromatic carbocycles. The van der Waals surface area contributed by atoms with Crippen molar-refractivity contribution in [3.8, 4) is 11.5 Å². The summed E-state index contributed by atoms with van der Waals surface area (Å²) in [4.78, 5) is 46.0. The number of aromatic hydroxyl groups is 2. The number of phenols is 2. The number of rotatable bonds is 8. The van der Waals surface area contributed by atoms with Gasteiger partial charge in [0, 0.05) is 37.1 Å². The molecule has 32 heavy (non-hydrogen) atoms. The Balaban J connectivity index is 1.87. The number of Topliss-reactive ketones (excluding diaryl/α,β-unsaturated/α-hetero) is 2. The van der Waals surface area contributed by atoms with Gasteiger partial charge in [-0.3, -0.25) is 29.8 Å². The largest absolute Gasteiger partial charge is 0.507 e. The van der Waals surface area contributed by atoms with E-state index in [1.165, 1.54) is 0 Å². The lowest BCUT2D eigenvalue weighted by Gasteiger charge is -2.10. The summed E-state index contributed by atoms with van der Waals surface area (Å²) < 4.78 is 0. The predicted octanol–water partition coefficient (Wildman–Crippen LogP) is 3.77. The molecular weight excluding hydrogens is 420 g/mol. The van der Waals surface area contributed by atoms with Gasteiger partial charge in [-0.2, -0.15) is 0 Å². The summed E-state index contributed by atoms with van der Waals surface area (Å²) in [6.45, 7) is 0. The van der Waals surface area contributed by atoms with E-state index in [0.29, 0.717) is 11.1 Å². The zero-order chi connectivity index (χ0) is 23.4. The molecule has 10 nitrogen and oxygen atoms in total. The first-order valence-electron chi connectivity index (χ1n) is 9.25. The smallest absolute Gasteiger partial charge is 0.270 e. The van der Waals surface area contributed by atoms with Crippen LogP contribution in [0, 0.1) is 20.2 Å². The molecule has 162 valence electrons. The molecule has 0 amide bonds. The van der Waals surface area contributed by atoms with Gasteiger partial charge >= 0.3 is 0 Å². The lowest BCUT2D eigenvalue weighted by Crippen LogP contribution is -2.10. The molecule has 0 aromatic heterocycles. The molecule has 0 saturated heterocycles. The molecule has 0 radical (unpaired) electrons. The van der Waals surface area contributed by atoms with Crippen molar-refractivity contribution in [3.05, 3.63) is 103 Å². The molecular formula is C22H16N2O8. The number of carbonyl (C=O) groups is 2. The summed E-state index contributed by atoms with van der Waals surface area (Å²) in [7, 11) is 0. The van der Waals surface area contributed by atoms with E-state index in [2.05, 4.69) is 0 Å². The highest BCUT2D eigenvalue weighted by Gasteiger charge is 2.21. The first-order valence-corrected chi connectivity index (χ1v) is 9.25. The van der Waals surface area contributed by atoms with Crippen LogP contribution < -0.4 is 0 Å². The molecule has 0 saturated carbocycles. The minimum atomic E-state index is -0.686. The number of carbonyl (C=O) groups excluding carboxylic acids is 2. The van der Waals surface area contributed by atoms with Crippen LogP contribution in [0.1, 0.15) is 31.8 Å². The first kappa shape index (κ1) is 22.1. The summed E-state index contributed by atoms with van der Waals surface area (Å²) in [6, 6.07) is 12.7. The Morgan fingerprint density at radius 2 is 1.06 bits per heavy atom. The van der Waals surface area contributed by atoms with Crippen molar-refractivity contribution in [2.24, 2.45) is 0 Å². The average Bonchev–Trinajstić information content (AvgIpc) is 2.75. The highest BCUT2D eigenvalue weighted by molar-refractivity contribution is 6.02. The predicted molar refractivity (Wildman–Crippen MR) is 112 cm³/mol. The van der Waals surface area contributed by atoms with Gasteiger partial charge in [0.15, 0.2) is 11.6 Å². The molecule has 0 spiro atoms. The third kappa shape index (κ3) is 4.75. The number of nitro benzene ring substituents is 2. The minimum Gasteiger partial charge on any atom is -0.507 e. The van der Waals surface area contributed by atoms with E-state index in [0.717, 1.165) is 36.4 Å². The fourth-order valence-corrected chi connectivity index (χ4v) is 3.16. The highest BCUT2D eigenvalue weighted by Crippen LogP contribution is 2.27. The number of non-ortho nitro benzene ring substituents is 2. The van der Waals surface area contributed by atoms with Gasteiger partial charge in [-0.1, -0.05) is 24.3 Å². The van der Waals surface area contributed by atoms with Crippen molar-refractivity contribution in [2.75, 3.05) is 0 Å². The van der Waals surface area contributed by atoms with Crippen LogP contribution in [0.2, 0.25) is 0 Å². The Kier molecular flexibility index (Phi) is 6.24. The minimum absolute atomic E-state index is 0.225. The van der Waals surface area contributed by atoms with Gasteiger partial charge < -0.3 is 10.2 Å². The lowest BCUT2D eigenvalue weighted by atomic mass is 9.93. The molecule has 0 bridgehead atoms. The van der Waals surface area contributed by atoms with Gasteiger partial charge in [-0.15, -0.1) is 0 Å². The van der Waals surface area contributed by atoms with E-state index in [9.17, 15) is 40.0 Å². The van der Waals surface area contributed by atoms with E-state index in [1.807, 2.05) is 0 Å². The molecule has 0 aliphatic rings.